The van der Waals surface area contributed by atoms with Gasteiger partial charge in [0.15, 0.2) is 16.4 Å². The van der Waals surface area contributed by atoms with Crippen LogP contribution in [0, 0.1) is 12.8 Å². The highest BCUT2D eigenvalue weighted by molar-refractivity contribution is 7.92. The van der Waals surface area contributed by atoms with Crippen LogP contribution in [-0.2, 0) is 19.4 Å². The highest BCUT2D eigenvalue weighted by Gasteiger charge is 2.37. The second-order valence-corrected chi connectivity index (χ2v) is 11.2. The van der Waals surface area contributed by atoms with Crippen LogP contribution in [-0.4, -0.2) is 49.6 Å². The fourth-order valence-electron chi connectivity index (χ4n) is 5.15. The van der Waals surface area contributed by atoms with Gasteiger partial charge in [0.05, 0.1) is 15.8 Å². The first kappa shape index (κ1) is 21.2. The molecule has 30 heavy (non-hydrogen) atoms. The van der Waals surface area contributed by atoms with E-state index in [0.29, 0.717) is 22.9 Å². The smallest absolute Gasteiger partial charge is 0.262 e. The first-order valence-electron chi connectivity index (χ1n) is 10.9. The van der Waals surface area contributed by atoms with E-state index >= 15 is 0 Å². The molecular formula is C22H30N2O5S. The fraction of sp³-hybridized carbons (Fsp3) is 0.636. The molecule has 1 saturated heterocycles. The zero-order valence-electron chi connectivity index (χ0n) is 17.6. The van der Waals surface area contributed by atoms with Crippen LogP contribution < -0.4 is 10.1 Å². The Morgan fingerprint density at radius 1 is 1.23 bits per heavy atom. The summed E-state index contributed by atoms with van der Waals surface area (Å²) in [5.41, 5.74) is 1.01. The Kier molecular flexibility index (Phi) is 5.79. The van der Waals surface area contributed by atoms with Gasteiger partial charge >= 0.3 is 0 Å². The van der Waals surface area contributed by atoms with Crippen molar-refractivity contribution in [2.24, 2.45) is 5.92 Å². The molecule has 2 fully saturated rings. The summed E-state index contributed by atoms with van der Waals surface area (Å²) in [4.78, 5) is 26.7. The Hall–Kier alpha value is -2.09. The summed E-state index contributed by atoms with van der Waals surface area (Å²) in [5.74, 6) is 0.595. The maximum atomic E-state index is 13.3. The van der Waals surface area contributed by atoms with Crippen LogP contribution in [0.3, 0.4) is 0 Å². The van der Waals surface area contributed by atoms with Gasteiger partial charge < -0.3 is 15.0 Å². The van der Waals surface area contributed by atoms with Gasteiger partial charge in [0.2, 0.25) is 5.91 Å². The number of nitrogens with zero attached hydrogens (tertiary/aromatic N) is 1. The molecule has 3 atom stereocenters. The molecule has 3 aliphatic rings. The number of hydrogen-bond acceptors (Lipinski definition) is 5. The van der Waals surface area contributed by atoms with Crippen molar-refractivity contribution in [1.29, 1.82) is 0 Å². The number of amides is 2. The molecule has 0 spiro atoms. The molecule has 2 heterocycles. The Labute approximate surface area is 178 Å². The monoisotopic (exact) mass is 434 g/mol. The lowest BCUT2D eigenvalue weighted by Crippen LogP contribution is -2.50. The standard InChI is InChI=1S/C22H30N2O5S/c1-14-10-17-19(29-13-21(25)23-17)12-20(14)30(27,28)15(2)11-22(26)24-9-5-7-16-6-3-4-8-18(16)24/h10,12,15-16,18H,3-9,11,13H2,1-2H3,(H,23,25)/t15-,16-,18-/m1/s1. The predicted molar refractivity (Wildman–Crippen MR) is 113 cm³/mol. The summed E-state index contributed by atoms with van der Waals surface area (Å²) in [6.07, 6.45) is 6.74. The molecule has 1 aliphatic carbocycles. The molecule has 1 aromatic rings. The molecule has 2 aliphatic heterocycles. The van der Waals surface area contributed by atoms with Gasteiger partial charge in [-0.1, -0.05) is 12.8 Å². The maximum Gasteiger partial charge on any atom is 0.262 e. The molecule has 0 unspecified atom stereocenters. The number of benzene rings is 1. The number of likely N-dealkylation sites (tertiary alicyclic amines) is 1. The van der Waals surface area contributed by atoms with E-state index in [1.165, 1.54) is 25.3 Å². The normalized spacial score (nSPS) is 24.9. The number of rotatable bonds is 4. The van der Waals surface area contributed by atoms with E-state index in [2.05, 4.69) is 5.32 Å². The summed E-state index contributed by atoms with van der Waals surface area (Å²) in [7, 11) is -3.72. The summed E-state index contributed by atoms with van der Waals surface area (Å²) in [5, 5.41) is 1.86. The second kappa shape index (κ2) is 8.21. The van der Waals surface area contributed by atoms with Gasteiger partial charge in [-0.3, -0.25) is 9.59 Å². The number of anilines is 1. The number of carbonyl (C=O) groups excluding carboxylic acids is 2. The van der Waals surface area contributed by atoms with Crippen LogP contribution in [0.25, 0.3) is 0 Å². The Morgan fingerprint density at radius 2 is 1.97 bits per heavy atom. The van der Waals surface area contributed by atoms with Crippen molar-refractivity contribution in [2.75, 3.05) is 18.5 Å². The molecule has 164 valence electrons. The van der Waals surface area contributed by atoms with Crippen LogP contribution in [0.15, 0.2) is 17.0 Å². The van der Waals surface area contributed by atoms with E-state index in [-0.39, 0.29) is 35.8 Å². The number of hydrogen-bond donors (Lipinski definition) is 1. The Bertz CT molecular complexity index is 957. The molecule has 0 aromatic heterocycles. The zero-order chi connectivity index (χ0) is 21.5. The largest absolute Gasteiger partial charge is 0.482 e. The molecule has 1 aromatic carbocycles. The third-order valence-corrected chi connectivity index (χ3v) is 9.05. The van der Waals surface area contributed by atoms with Gasteiger partial charge in [0, 0.05) is 25.1 Å². The van der Waals surface area contributed by atoms with E-state index in [1.807, 2.05) is 4.90 Å². The minimum atomic E-state index is -3.72. The van der Waals surface area contributed by atoms with E-state index in [9.17, 15) is 18.0 Å². The molecule has 7 nitrogen and oxygen atoms in total. The van der Waals surface area contributed by atoms with Crippen LogP contribution in [0.1, 0.15) is 57.4 Å². The average molecular weight is 435 g/mol. The van der Waals surface area contributed by atoms with Gasteiger partial charge in [0.1, 0.15) is 5.75 Å². The van der Waals surface area contributed by atoms with Crippen molar-refractivity contribution in [1.82, 2.24) is 4.90 Å². The molecule has 1 N–H and O–H groups in total. The first-order chi connectivity index (χ1) is 14.3. The van der Waals surface area contributed by atoms with Gasteiger partial charge in [-0.15, -0.1) is 0 Å². The second-order valence-electron chi connectivity index (χ2n) is 8.85. The van der Waals surface area contributed by atoms with E-state index < -0.39 is 15.1 Å². The third-order valence-electron chi connectivity index (χ3n) is 6.77. The number of sulfone groups is 1. The topological polar surface area (TPSA) is 92.8 Å². The minimum absolute atomic E-state index is 0.0142. The maximum absolute atomic E-state index is 13.3. The van der Waals surface area contributed by atoms with Gasteiger partial charge in [-0.05, 0) is 57.1 Å². The average Bonchev–Trinajstić information content (AvgIpc) is 2.72. The molecular weight excluding hydrogens is 404 g/mol. The Morgan fingerprint density at radius 3 is 2.77 bits per heavy atom. The first-order valence-corrected chi connectivity index (χ1v) is 12.4. The van der Waals surface area contributed by atoms with Crippen molar-refractivity contribution in [2.45, 2.75) is 75.0 Å². The van der Waals surface area contributed by atoms with Crippen LogP contribution in [0.4, 0.5) is 5.69 Å². The highest BCUT2D eigenvalue weighted by atomic mass is 32.2. The number of nitrogens with one attached hydrogen (secondary N) is 1. The lowest BCUT2D eigenvalue weighted by atomic mass is 9.78. The quantitative estimate of drug-likeness (QED) is 0.786. The predicted octanol–water partition coefficient (Wildman–Crippen LogP) is 3.06. The van der Waals surface area contributed by atoms with Crippen LogP contribution in [0.5, 0.6) is 5.75 Å². The SMILES string of the molecule is Cc1cc2c(cc1S(=O)(=O)[C@H](C)CC(=O)N1CCC[C@H]3CCCC[C@H]31)OCC(=O)N2. The van der Waals surface area contributed by atoms with Crippen LogP contribution >= 0.6 is 0 Å². The molecule has 0 bridgehead atoms. The Balaban J connectivity index is 1.52. The lowest BCUT2D eigenvalue weighted by Gasteiger charge is -2.44. The van der Waals surface area contributed by atoms with Crippen molar-refractivity contribution < 1.29 is 22.7 Å². The molecule has 1 saturated carbocycles. The zero-order valence-corrected chi connectivity index (χ0v) is 18.5. The van der Waals surface area contributed by atoms with Crippen molar-refractivity contribution in [3.05, 3.63) is 17.7 Å². The molecule has 2 amide bonds. The summed E-state index contributed by atoms with van der Waals surface area (Å²) in [6, 6.07) is 3.36. The van der Waals surface area contributed by atoms with Gasteiger partial charge in [-0.2, -0.15) is 0 Å². The van der Waals surface area contributed by atoms with Gasteiger partial charge in [-0.25, -0.2) is 8.42 Å². The minimum Gasteiger partial charge on any atom is -0.482 e. The summed E-state index contributed by atoms with van der Waals surface area (Å²) < 4.78 is 32.0. The van der Waals surface area contributed by atoms with Crippen LogP contribution in [0.2, 0.25) is 0 Å². The lowest BCUT2D eigenvalue weighted by molar-refractivity contribution is -0.137. The van der Waals surface area contributed by atoms with Crippen molar-refractivity contribution in [3.8, 4) is 5.75 Å². The number of piperidine rings is 1. The number of ether oxygens (including phenoxy) is 1. The van der Waals surface area contributed by atoms with Crippen molar-refractivity contribution in [3.63, 3.8) is 0 Å². The number of aryl methyl sites for hydroxylation is 1. The molecule has 8 heteroatoms. The number of carbonyl (C=O) groups is 2. The van der Waals surface area contributed by atoms with Crippen molar-refractivity contribution >= 4 is 27.3 Å². The fourth-order valence-corrected chi connectivity index (χ4v) is 6.72. The summed E-state index contributed by atoms with van der Waals surface area (Å²) in [6.45, 7) is 3.90. The van der Waals surface area contributed by atoms with E-state index in [0.717, 1.165) is 25.8 Å². The highest BCUT2D eigenvalue weighted by Crippen LogP contribution is 2.37. The third kappa shape index (κ3) is 3.94. The number of fused-ring (bicyclic) bond motifs is 2. The molecule has 0 radical (unpaired) electrons. The van der Waals surface area contributed by atoms with E-state index in [1.54, 1.807) is 19.9 Å². The van der Waals surface area contributed by atoms with Gasteiger partial charge in [0.25, 0.3) is 5.91 Å². The summed E-state index contributed by atoms with van der Waals surface area (Å²) >= 11 is 0. The van der Waals surface area contributed by atoms with E-state index in [4.69, 9.17) is 4.74 Å². The molecule has 4 rings (SSSR count).